The minimum Gasteiger partial charge on any atom is -0.460 e. The summed E-state index contributed by atoms with van der Waals surface area (Å²) >= 11 is 0. The molecule has 0 N–H and O–H groups in total. The Balaban J connectivity index is 4.22. The molecule has 0 rings (SSSR count). The number of rotatable bonds is 4. The predicted octanol–water partition coefficient (Wildman–Crippen LogP) is 1.73. The van der Waals surface area contributed by atoms with E-state index < -0.39 is 21.4 Å². The number of carbonyl (C=O) groups excluding carboxylic acids is 1. The minimum atomic E-state index is -3.16. The van der Waals surface area contributed by atoms with Crippen LogP contribution in [0.2, 0.25) is 0 Å². The standard InChI is InChI=1S/C11H19O4S/c1-9(6-7-16(5,13)14)8-10(12)15-11(2,3)4/h6-7,9H,1,8H2,2-5H3/q+1/b7-6+. The molecule has 0 aromatic rings. The lowest BCUT2D eigenvalue weighted by atomic mass is 10.1. The number of allylic oxidation sites excluding steroid dienone is 1. The van der Waals surface area contributed by atoms with Crippen LogP contribution >= 0.6 is 0 Å². The fraction of sp³-hybridized carbons (Fsp3) is 0.636. The lowest BCUT2D eigenvalue weighted by molar-refractivity contribution is -0.155. The summed E-state index contributed by atoms with van der Waals surface area (Å²) < 4.78 is 26.7. The molecule has 0 amide bonds. The molecule has 0 bridgehead atoms. The van der Waals surface area contributed by atoms with E-state index in [1.54, 1.807) is 20.8 Å². The Labute approximate surface area is 97.6 Å². The topological polar surface area (TPSA) is 60.4 Å². The molecule has 0 aromatic heterocycles. The first-order chi connectivity index (χ1) is 6.99. The third-order valence-corrected chi connectivity index (χ3v) is 2.10. The summed E-state index contributed by atoms with van der Waals surface area (Å²) in [4.78, 5) is 11.3. The summed E-state index contributed by atoms with van der Waals surface area (Å²) in [5.41, 5.74) is -0.530. The van der Waals surface area contributed by atoms with Crippen LogP contribution in [0, 0.1) is 12.8 Å². The van der Waals surface area contributed by atoms with Gasteiger partial charge in [0.1, 0.15) is 11.5 Å². The molecule has 4 nitrogen and oxygen atoms in total. The lowest BCUT2D eigenvalue weighted by Gasteiger charge is -2.19. The first kappa shape index (κ1) is 15.0. The molecule has 0 aliphatic carbocycles. The fourth-order valence-corrected chi connectivity index (χ4v) is 1.43. The van der Waals surface area contributed by atoms with Crippen LogP contribution in [0.4, 0.5) is 0 Å². The molecule has 1 unspecified atom stereocenters. The van der Waals surface area contributed by atoms with E-state index in [0.29, 0.717) is 0 Å². The summed E-state index contributed by atoms with van der Waals surface area (Å²) in [6.45, 7) is 8.98. The van der Waals surface area contributed by atoms with Crippen LogP contribution in [0.25, 0.3) is 0 Å². The summed E-state index contributed by atoms with van der Waals surface area (Å²) in [5, 5.41) is 1.05. The Morgan fingerprint density at radius 1 is 1.44 bits per heavy atom. The van der Waals surface area contributed by atoms with Crippen LogP contribution in [-0.4, -0.2) is 26.2 Å². The van der Waals surface area contributed by atoms with E-state index in [4.69, 9.17) is 4.74 Å². The molecule has 0 saturated heterocycles. The molecule has 0 spiro atoms. The zero-order chi connectivity index (χ0) is 13.0. The van der Waals surface area contributed by atoms with Crippen molar-refractivity contribution < 1.29 is 17.9 Å². The first-order valence-electron chi connectivity index (χ1n) is 4.93. The second-order valence-corrected chi connectivity index (χ2v) is 6.64. The number of sulfone groups is 1. The number of esters is 1. The molecule has 0 aromatic carbocycles. The van der Waals surface area contributed by atoms with Crippen molar-refractivity contribution in [2.24, 2.45) is 5.92 Å². The molecular weight excluding hydrogens is 228 g/mol. The maximum atomic E-state index is 11.3. The second kappa shape index (κ2) is 5.39. The highest BCUT2D eigenvalue weighted by molar-refractivity contribution is 7.93. The van der Waals surface area contributed by atoms with Gasteiger partial charge < -0.3 is 4.74 Å². The van der Waals surface area contributed by atoms with Gasteiger partial charge in [0.05, 0.1) is 13.3 Å². The van der Waals surface area contributed by atoms with Crippen molar-refractivity contribution in [3.05, 3.63) is 18.4 Å². The molecule has 16 heavy (non-hydrogen) atoms. The van der Waals surface area contributed by atoms with Gasteiger partial charge in [-0.15, -0.1) is 0 Å². The van der Waals surface area contributed by atoms with Gasteiger partial charge in [0.15, 0.2) is 9.84 Å². The molecule has 0 radical (unpaired) electrons. The third-order valence-electron chi connectivity index (χ3n) is 1.45. The van der Waals surface area contributed by atoms with E-state index >= 15 is 0 Å². The number of hydrogen-bond donors (Lipinski definition) is 0. The quantitative estimate of drug-likeness (QED) is 0.560. The van der Waals surface area contributed by atoms with Gasteiger partial charge in [0, 0.05) is 11.7 Å². The number of carbonyl (C=O) groups is 1. The van der Waals surface area contributed by atoms with Gasteiger partial charge in [-0.1, -0.05) is 0 Å². The summed E-state index contributed by atoms with van der Waals surface area (Å²) in [6.07, 6.45) is 2.55. The van der Waals surface area contributed by atoms with E-state index in [0.717, 1.165) is 11.7 Å². The highest BCUT2D eigenvalue weighted by Crippen LogP contribution is 2.12. The molecule has 0 aliphatic rings. The maximum Gasteiger partial charge on any atom is 0.311 e. The Hall–Kier alpha value is -0.970. The number of ether oxygens (including phenoxy) is 1. The van der Waals surface area contributed by atoms with Crippen molar-refractivity contribution in [3.63, 3.8) is 0 Å². The zero-order valence-corrected chi connectivity index (χ0v) is 11.0. The van der Waals surface area contributed by atoms with Crippen molar-refractivity contribution in [3.8, 4) is 0 Å². The summed E-state index contributed by atoms with van der Waals surface area (Å²) in [5.74, 6) is -0.782. The zero-order valence-electron chi connectivity index (χ0n) is 10.2. The Kier molecular flexibility index (Phi) is 5.06. The van der Waals surface area contributed by atoms with Gasteiger partial charge in [-0.3, -0.25) is 4.79 Å². The van der Waals surface area contributed by atoms with E-state index in [-0.39, 0.29) is 12.4 Å². The monoisotopic (exact) mass is 247 g/mol. The van der Waals surface area contributed by atoms with Crippen molar-refractivity contribution in [2.75, 3.05) is 6.26 Å². The van der Waals surface area contributed by atoms with Gasteiger partial charge in [-0.2, -0.15) is 0 Å². The van der Waals surface area contributed by atoms with Crippen molar-refractivity contribution in [1.29, 1.82) is 0 Å². The van der Waals surface area contributed by atoms with E-state index in [1.807, 2.05) is 0 Å². The molecule has 0 heterocycles. The summed E-state index contributed by atoms with van der Waals surface area (Å²) in [7, 11) is -3.16. The predicted molar refractivity (Wildman–Crippen MR) is 63.3 cm³/mol. The SMILES string of the molecule is [CH2+]C(/C=C/S(C)(=O)=O)CC(=O)OC(C)(C)C. The minimum absolute atomic E-state index is 0.0727. The molecule has 0 fully saturated rings. The Morgan fingerprint density at radius 2 is 1.94 bits per heavy atom. The van der Waals surface area contributed by atoms with Crippen LogP contribution < -0.4 is 0 Å². The van der Waals surface area contributed by atoms with Crippen LogP contribution in [0.5, 0.6) is 0 Å². The molecule has 0 saturated carbocycles. The van der Waals surface area contributed by atoms with E-state index in [9.17, 15) is 13.2 Å². The fourth-order valence-electron chi connectivity index (χ4n) is 0.919. The van der Waals surface area contributed by atoms with Crippen LogP contribution in [-0.2, 0) is 19.4 Å². The smallest absolute Gasteiger partial charge is 0.311 e. The maximum absolute atomic E-state index is 11.3. The van der Waals surface area contributed by atoms with Crippen LogP contribution in [0.3, 0.4) is 0 Å². The van der Waals surface area contributed by atoms with Gasteiger partial charge in [-0.05, 0) is 26.8 Å². The molecule has 0 aliphatic heterocycles. The third kappa shape index (κ3) is 9.58. The molecule has 1 atom stereocenters. The van der Waals surface area contributed by atoms with Crippen LogP contribution in [0.1, 0.15) is 27.2 Å². The Bertz CT molecular complexity index is 360. The normalized spacial score (nSPS) is 15.0. The molecular formula is C11H19O4S+. The largest absolute Gasteiger partial charge is 0.460 e. The average molecular weight is 247 g/mol. The van der Waals surface area contributed by atoms with Gasteiger partial charge in [0.25, 0.3) is 0 Å². The number of hydrogen-bond acceptors (Lipinski definition) is 4. The van der Waals surface area contributed by atoms with Crippen LogP contribution in [0.15, 0.2) is 11.5 Å². The van der Waals surface area contributed by atoms with Gasteiger partial charge >= 0.3 is 5.97 Å². The van der Waals surface area contributed by atoms with Crippen molar-refractivity contribution in [1.82, 2.24) is 0 Å². The highest BCUT2D eigenvalue weighted by Gasteiger charge is 2.19. The molecule has 92 valence electrons. The van der Waals surface area contributed by atoms with E-state index in [2.05, 4.69) is 6.92 Å². The summed E-state index contributed by atoms with van der Waals surface area (Å²) in [6, 6.07) is 0. The Morgan fingerprint density at radius 3 is 2.31 bits per heavy atom. The van der Waals surface area contributed by atoms with Gasteiger partial charge in [0.2, 0.25) is 0 Å². The second-order valence-electron chi connectivity index (χ2n) is 4.71. The lowest BCUT2D eigenvalue weighted by Crippen LogP contribution is -2.24. The average Bonchev–Trinajstić information content (AvgIpc) is 1.95. The molecule has 5 heteroatoms. The van der Waals surface area contributed by atoms with Crippen molar-refractivity contribution >= 4 is 15.8 Å². The van der Waals surface area contributed by atoms with Gasteiger partial charge in [-0.25, -0.2) is 8.42 Å². The van der Waals surface area contributed by atoms with Crippen molar-refractivity contribution in [2.45, 2.75) is 32.8 Å². The van der Waals surface area contributed by atoms with E-state index in [1.165, 1.54) is 6.08 Å². The highest BCUT2D eigenvalue weighted by atomic mass is 32.2. The first-order valence-corrected chi connectivity index (χ1v) is 6.88.